The van der Waals surface area contributed by atoms with Gasteiger partial charge in [-0.05, 0) is 6.42 Å². The number of nitrogens with zero attached hydrogens (tertiary/aromatic N) is 1. The number of amides is 1. The van der Waals surface area contributed by atoms with E-state index in [0.717, 1.165) is 6.42 Å². The molecule has 6 heteroatoms. The third-order valence-corrected chi connectivity index (χ3v) is 3.44. The molecule has 0 radical (unpaired) electrons. The molecule has 0 aromatic heterocycles. The number of carbonyl (C=O) groups is 2. The standard InChI is InChI=1S/C14H26N2O4/c1-4-7-16(13(17)5-6-15-10(2)3)12-9-20-8-11(12)14(18)19/h10-12,15H,4-9H2,1-3H3,(H,18,19). The molecule has 2 unspecified atom stereocenters. The lowest BCUT2D eigenvalue weighted by Crippen LogP contribution is -2.47. The van der Waals surface area contributed by atoms with Gasteiger partial charge in [-0.25, -0.2) is 0 Å². The van der Waals surface area contributed by atoms with E-state index in [1.807, 2.05) is 20.8 Å². The van der Waals surface area contributed by atoms with Crippen molar-refractivity contribution in [3.8, 4) is 0 Å². The fraction of sp³-hybridized carbons (Fsp3) is 0.857. The van der Waals surface area contributed by atoms with Crippen molar-refractivity contribution in [2.45, 2.75) is 45.7 Å². The Labute approximate surface area is 120 Å². The fourth-order valence-electron chi connectivity index (χ4n) is 2.41. The van der Waals surface area contributed by atoms with Gasteiger partial charge in [0.05, 0.1) is 19.3 Å². The highest BCUT2D eigenvalue weighted by Gasteiger charge is 2.39. The second kappa shape index (κ2) is 8.21. The average molecular weight is 286 g/mol. The van der Waals surface area contributed by atoms with Crippen LogP contribution in [0.25, 0.3) is 0 Å². The fourth-order valence-corrected chi connectivity index (χ4v) is 2.41. The number of aliphatic carboxylic acids is 1. The van der Waals surface area contributed by atoms with Gasteiger partial charge in [-0.2, -0.15) is 0 Å². The van der Waals surface area contributed by atoms with Gasteiger partial charge in [0.1, 0.15) is 5.92 Å². The van der Waals surface area contributed by atoms with Crippen LogP contribution in [0.1, 0.15) is 33.6 Å². The molecular formula is C14H26N2O4. The molecule has 1 heterocycles. The summed E-state index contributed by atoms with van der Waals surface area (Å²) >= 11 is 0. The van der Waals surface area contributed by atoms with Gasteiger partial charge in [0.15, 0.2) is 0 Å². The lowest BCUT2D eigenvalue weighted by molar-refractivity contribution is -0.145. The minimum absolute atomic E-state index is 0.00162. The SMILES string of the molecule is CCCN(C(=O)CCNC(C)C)C1COCC1C(=O)O. The smallest absolute Gasteiger partial charge is 0.311 e. The second-order valence-electron chi connectivity index (χ2n) is 5.50. The van der Waals surface area contributed by atoms with Crippen molar-refractivity contribution >= 4 is 11.9 Å². The summed E-state index contributed by atoms with van der Waals surface area (Å²) in [6.45, 7) is 7.75. The van der Waals surface area contributed by atoms with Crippen LogP contribution < -0.4 is 5.32 Å². The van der Waals surface area contributed by atoms with Gasteiger partial charge in [0.25, 0.3) is 0 Å². The largest absolute Gasteiger partial charge is 0.481 e. The number of nitrogens with one attached hydrogen (secondary N) is 1. The summed E-state index contributed by atoms with van der Waals surface area (Å²) < 4.78 is 5.26. The topological polar surface area (TPSA) is 78.9 Å². The van der Waals surface area contributed by atoms with Crippen LogP contribution in [0.4, 0.5) is 0 Å². The van der Waals surface area contributed by atoms with Crippen molar-refractivity contribution in [1.29, 1.82) is 0 Å². The molecule has 0 saturated carbocycles. The lowest BCUT2D eigenvalue weighted by atomic mass is 10.0. The maximum atomic E-state index is 12.3. The highest BCUT2D eigenvalue weighted by atomic mass is 16.5. The Morgan fingerprint density at radius 3 is 2.65 bits per heavy atom. The van der Waals surface area contributed by atoms with Crippen LogP contribution in [0.3, 0.4) is 0 Å². The van der Waals surface area contributed by atoms with E-state index < -0.39 is 11.9 Å². The summed E-state index contributed by atoms with van der Waals surface area (Å²) in [5.74, 6) is -1.49. The molecule has 116 valence electrons. The zero-order chi connectivity index (χ0) is 15.1. The Morgan fingerprint density at radius 2 is 2.10 bits per heavy atom. The molecule has 1 aliphatic rings. The first-order valence-electron chi connectivity index (χ1n) is 7.30. The molecule has 1 rings (SSSR count). The van der Waals surface area contributed by atoms with E-state index in [1.165, 1.54) is 0 Å². The van der Waals surface area contributed by atoms with Crippen LogP contribution in [-0.4, -0.2) is 60.3 Å². The van der Waals surface area contributed by atoms with Gasteiger partial charge in [0, 0.05) is 25.6 Å². The van der Waals surface area contributed by atoms with E-state index in [9.17, 15) is 14.7 Å². The second-order valence-corrected chi connectivity index (χ2v) is 5.50. The zero-order valence-electron chi connectivity index (χ0n) is 12.6. The Balaban J connectivity index is 2.62. The van der Waals surface area contributed by atoms with E-state index in [0.29, 0.717) is 32.2 Å². The van der Waals surface area contributed by atoms with E-state index in [4.69, 9.17) is 4.74 Å². The van der Waals surface area contributed by atoms with Crippen molar-refractivity contribution in [3.05, 3.63) is 0 Å². The normalized spacial score (nSPS) is 22.2. The van der Waals surface area contributed by atoms with Crippen LogP contribution in [0.15, 0.2) is 0 Å². The Hall–Kier alpha value is -1.14. The molecule has 0 aliphatic carbocycles. The number of carboxylic acids is 1. The van der Waals surface area contributed by atoms with Gasteiger partial charge in [-0.15, -0.1) is 0 Å². The summed E-state index contributed by atoms with van der Waals surface area (Å²) in [6.07, 6.45) is 1.20. The molecule has 1 aliphatic heterocycles. The highest BCUT2D eigenvalue weighted by molar-refractivity contribution is 5.78. The molecule has 1 saturated heterocycles. The first-order valence-corrected chi connectivity index (χ1v) is 7.30. The molecule has 2 N–H and O–H groups in total. The highest BCUT2D eigenvalue weighted by Crippen LogP contribution is 2.21. The van der Waals surface area contributed by atoms with Crippen LogP contribution in [0.5, 0.6) is 0 Å². The van der Waals surface area contributed by atoms with Crippen molar-refractivity contribution in [3.63, 3.8) is 0 Å². The van der Waals surface area contributed by atoms with Gasteiger partial charge in [-0.3, -0.25) is 9.59 Å². The Bertz CT molecular complexity index is 333. The van der Waals surface area contributed by atoms with E-state index in [2.05, 4.69) is 5.32 Å². The van der Waals surface area contributed by atoms with Gasteiger partial charge in [-0.1, -0.05) is 20.8 Å². The number of carboxylic acid groups (broad SMARTS) is 1. The molecule has 6 nitrogen and oxygen atoms in total. The van der Waals surface area contributed by atoms with Crippen molar-refractivity contribution in [2.24, 2.45) is 5.92 Å². The van der Waals surface area contributed by atoms with Crippen molar-refractivity contribution in [2.75, 3.05) is 26.3 Å². The maximum Gasteiger partial charge on any atom is 0.311 e. The predicted molar refractivity (Wildman–Crippen MR) is 75.5 cm³/mol. The zero-order valence-corrected chi connectivity index (χ0v) is 12.6. The van der Waals surface area contributed by atoms with E-state index in [-0.39, 0.29) is 18.6 Å². The molecule has 0 spiro atoms. The minimum Gasteiger partial charge on any atom is -0.481 e. The van der Waals surface area contributed by atoms with E-state index >= 15 is 0 Å². The maximum absolute atomic E-state index is 12.3. The molecule has 1 fully saturated rings. The number of carbonyl (C=O) groups excluding carboxylic acids is 1. The van der Waals surface area contributed by atoms with Crippen molar-refractivity contribution < 1.29 is 19.4 Å². The molecule has 0 aromatic carbocycles. The molecule has 0 aromatic rings. The predicted octanol–water partition coefficient (Wildman–Crippen LogP) is 0.713. The molecule has 0 bridgehead atoms. The first-order chi connectivity index (χ1) is 9.47. The van der Waals surface area contributed by atoms with Gasteiger partial charge in [0.2, 0.25) is 5.91 Å². The number of hydrogen-bond donors (Lipinski definition) is 2. The monoisotopic (exact) mass is 286 g/mol. The first kappa shape index (κ1) is 16.9. The van der Waals surface area contributed by atoms with Crippen LogP contribution in [-0.2, 0) is 14.3 Å². The summed E-state index contributed by atoms with van der Waals surface area (Å²) in [7, 11) is 0. The summed E-state index contributed by atoms with van der Waals surface area (Å²) in [5.41, 5.74) is 0. The van der Waals surface area contributed by atoms with Crippen LogP contribution in [0.2, 0.25) is 0 Å². The quantitative estimate of drug-likeness (QED) is 0.687. The molecular weight excluding hydrogens is 260 g/mol. The number of rotatable bonds is 8. The van der Waals surface area contributed by atoms with Crippen LogP contribution >= 0.6 is 0 Å². The number of hydrogen-bond acceptors (Lipinski definition) is 4. The Kier molecular flexibility index (Phi) is 6.95. The van der Waals surface area contributed by atoms with Crippen molar-refractivity contribution in [1.82, 2.24) is 10.2 Å². The molecule has 1 amide bonds. The Morgan fingerprint density at radius 1 is 1.40 bits per heavy atom. The van der Waals surface area contributed by atoms with Gasteiger partial charge < -0.3 is 20.1 Å². The average Bonchev–Trinajstić information content (AvgIpc) is 2.84. The van der Waals surface area contributed by atoms with Crippen LogP contribution in [0, 0.1) is 5.92 Å². The minimum atomic E-state index is -0.887. The summed E-state index contributed by atoms with van der Waals surface area (Å²) in [5, 5.41) is 12.4. The third-order valence-electron chi connectivity index (χ3n) is 3.44. The molecule has 20 heavy (non-hydrogen) atoms. The lowest BCUT2D eigenvalue weighted by Gasteiger charge is -2.30. The van der Waals surface area contributed by atoms with E-state index in [1.54, 1.807) is 4.90 Å². The molecule has 2 atom stereocenters. The number of ether oxygens (including phenoxy) is 1. The third kappa shape index (κ3) is 4.76. The summed E-state index contributed by atoms with van der Waals surface area (Å²) in [6, 6.07) is 0.00278. The summed E-state index contributed by atoms with van der Waals surface area (Å²) in [4.78, 5) is 25.2. The van der Waals surface area contributed by atoms with Gasteiger partial charge >= 0.3 is 5.97 Å².